The first-order valence-corrected chi connectivity index (χ1v) is 8.20. The molecule has 2 N–H and O–H groups in total. The molecular weight excluding hydrogens is 343 g/mol. The van der Waals surface area contributed by atoms with Crippen molar-refractivity contribution >= 4 is 24.0 Å². The maximum atomic E-state index is 13.5. The van der Waals surface area contributed by atoms with Crippen LogP contribution in [0.3, 0.4) is 0 Å². The van der Waals surface area contributed by atoms with Gasteiger partial charge in [-0.25, -0.2) is 4.39 Å². The van der Waals surface area contributed by atoms with E-state index >= 15 is 0 Å². The summed E-state index contributed by atoms with van der Waals surface area (Å²) < 4.78 is 19.1. The van der Waals surface area contributed by atoms with Crippen LogP contribution in [0.2, 0.25) is 0 Å². The summed E-state index contributed by atoms with van der Waals surface area (Å²) in [5, 5.41) is 6.19. The van der Waals surface area contributed by atoms with Crippen LogP contribution in [0.5, 0.6) is 5.75 Å². The zero-order valence-corrected chi connectivity index (χ0v) is 14.7. The van der Waals surface area contributed by atoms with E-state index in [9.17, 15) is 9.18 Å². The van der Waals surface area contributed by atoms with Crippen molar-refractivity contribution in [2.75, 3.05) is 11.9 Å². The molecule has 1 aliphatic rings. The lowest BCUT2D eigenvalue weighted by Gasteiger charge is -2.11. The van der Waals surface area contributed by atoms with Gasteiger partial charge in [0.15, 0.2) is 0 Å². The fourth-order valence-electron chi connectivity index (χ4n) is 2.78. The Kier molecular flexibility index (Phi) is 7.22. The van der Waals surface area contributed by atoms with Crippen molar-refractivity contribution in [1.82, 2.24) is 5.32 Å². The highest BCUT2D eigenvalue weighted by molar-refractivity contribution is 5.91. The molecule has 1 aliphatic heterocycles. The number of nitrogens with one attached hydrogen (secondary N) is 2. The summed E-state index contributed by atoms with van der Waals surface area (Å²) in [6.07, 6.45) is 2.67. The number of carbonyl (C=O) groups is 1. The van der Waals surface area contributed by atoms with Crippen molar-refractivity contribution in [1.29, 1.82) is 0 Å². The molecule has 1 amide bonds. The highest BCUT2D eigenvalue weighted by Crippen LogP contribution is 2.18. The van der Waals surface area contributed by atoms with Gasteiger partial charge in [0, 0.05) is 23.7 Å². The third-order valence-electron chi connectivity index (χ3n) is 4.08. The molecule has 0 bridgehead atoms. The van der Waals surface area contributed by atoms with E-state index in [1.54, 1.807) is 42.5 Å². The predicted molar refractivity (Wildman–Crippen MR) is 98.7 cm³/mol. The van der Waals surface area contributed by atoms with E-state index in [1.807, 2.05) is 0 Å². The number of halogens is 2. The molecule has 0 radical (unpaired) electrons. The molecule has 1 atom stereocenters. The summed E-state index contributed by atoms with van der Waals surface area (Å²) in [5.41, 5.74) is 1.25. The number of benzene rings is 2. The molecule has 2 aromatic rings. The van der Waals surface area contributed by atoms with Crippen LogP contribution in [-0.2, 0) is 11.4 Å². The van der Waals surface area contributed by atoms with Crippen LogP contribution in [0.15, 0.2) is 48.5 Å². The lowest BCUT2D eigenvalue weighted by Crippen LogP contribution is -2.27. The maximum absolute atomic E-state index is 13.5. The van der Waals surface area contributed by atoms with Crippen LogP contribution in [0, 0.1) is 5.82 Å². The molecule has 0 aromatic heterocycles. The fraction of sp³-hybridized carbons (Fsp3) is 0.316. The minimum atomic E-state index is -0.276. The summed E-state index contributed by atoms with van der Waals surface area (Å²) >= 11 is 0. The number of hydrogen-bond donors (Lipinski definition) is 2. The molecule has 2 aromatic carbocycles. The predicted octanol–water partition coefficient (Wildman–Crippen LogP) is 3.91. The molecule has 0 aliphatic carbocycles. The standard InChI is InChI=1S/C19H21FN2O2.ClH/c20-18-6-2-1-4-14(18)13-24-17-9-7-15(8-10-17)22-19(23)12-16-5-3-11-21-16;/h1-2,4,6-10,16,21H,3,5,11-13H2,(H,22,23);1H. The van der Waals surface area contributed by atoms with E-state index in [0.717, 1.165) is 25.1 Å². The van der Waals surface area contributed by atoms with Gasteiger partial charge < -0.3 is 15.4 Å². The number of hydrogen-bond acceptors (Lipinski definition) is 3. The fourth-order valence-corrected chi connectivity index (χ4v) is 2.78. The van der Waals surface area contributed by atoms with E-state index in [2.05, 4.69) is 10.6 Å². The van der Waals surface area contributed by atoms with Crippen LogP contribution in [0.4, 0.5) is 10.1 Å². The molecule has 1 fully saturated rings. The Labute approximate surface area is 153 Å². The Balaban J connectivity index is 0.00000225. The highest BCUT2D eigenvalue weighted by atomic mass is 35.5. The van der Waals surface area contributed by atoms with Crippen molar-refractivity contribution < 1.29 is 13.9 Å². The van der Waals surface area contributed by atoms with Gasteiger partial charge >= 0.3 is 0 Å². The first kappa shape index (κ1) is 19.2. The lowest BCUT2D eigenvalue weighted by molar-refractivity contribution is -0.116. The molecule has 1 heterocycles. The zero-order valence-electron chi connectivity index (χ0n) is 13.8. The third-order valence-corrected chi connectivity index (χ3v) is 4.08. The van der Waals surface area contributed by atoms with E-state index in [-0.39, 0.29) is 36.8 Å². The Morgan fingerprint density at radius 3 is 2.64 bits per heavy atom. The summed E-state index contributed by atoms with van der Waals surface area (Å²) in [5.74, 6) is 0.366. The molecule has 134 valence electrons. The first-order chi connectivity index (χ1) is 11.7. The van der Waals surface area contributed by atoms with Gasteiger partial charge in [0.25, 0.3) is 0 Å². The van der Waals surface area contributed by atoms with E-state index in [4.69, 9.17) is 4.74 Å². The van der Waals surface area contributed by atoms with Gasteiger partial charge in [-0.3, -0.25) is 4.79 Å². The van der Waals surface area contributed by atoms with E-state index < -0.39 is 0 Å². The Hall–Kier alpha value is -2.11. The molecule has 4 nitrogen and oxygen atoms in total. The second-order valence-corrected chi connectivity index (χ2v) is 5.95. The molecule has 1 saturated heterocycles. The molecule has 25 heavy (non-hydrogen) atoms. The Morgan fingerprint density at radius 2 is 1.96 bits per heavy atom. The SMILES string of the molecule is Cl.O=C(CC1CCCN1)Nc1ccc(OCc2ccccc2F)cc1. The summed E-state index contributed by atoms with van der Waals surface area (Å²) in [7, 11) is 0. The first-order valence-electron chi connectivity index (χ1n) is 8.20. The maximum Gasteiger partial charge on any atom is 0.225 e. The summed E-state index contributed by atoms with van der Waals surface area (Å²) in [6.45, 7) is 1.16. The minimum Gasteiger partial charge on any atom is -0.489 e. The van der Waals surface area contributed by atoms with Crippen LogP contribution in [0.25, 0.3) is 0 Å². The summed E-state index contributed by atoms with van der Waals surface area (Å²) in [4.78, 5) is 12.0. The van der Waals surface area contributed by atoms with Crippen molar-refractivity contribution in [2.45, 2.75) is 31.9 Å². The Morgan fingerprint density at radius 1 is 1.20 bits per heavy atom. The van der Waals surface area contributed by atoms with E-state index in [0.29, 0.717) is 17.7 Å². The largest absolute Gasteiger partial charge is 0.489 e. The zero-order chi connectivity index (χ0) is 16.8. The van der Waals surface area contributed by atoms with Gasteiger partial charge in [-0.2, -0.15) is 0 Å². The van der Waals surface area contributed by atoms with Gasteiger partial charge in [0.1, 0.15) is 18.2 Å². The molecule has 0 spiro atoms. The van der Waals surface area contributed by atoms with Gasteiger partial charge in [0.2, 0.25) is 5.91 Å². The second-order valence-electron chi connectivity index (χ2n) is 5.95. The highest BCUT2D eigenvalue weighted by Gasteiger charge is 2.17. The third kappa shape index (κ3) is 5.73. The normalized spacial score (nSPS) is 16.1. The second kappa shape index (κ2) is 9.39. The minimum absolute atomic E-state index is 0. The number of amides is 1. The van der Waals surface area contributed by atoms with Gasteiger partial charge in [-0.1, -0.05) is 18.2 Å². The van der Waals surface area contributed by atoms with Crippen molar-refractivity contribution in [3.8, 4) is 5.75 Å². The van der Waals surface area contributed by atoms with Gasteiger partial charge in [-0.05, 0) is 49.7 Å². The molecule has 0 saturated carbocycles. The van der Waals surface area contributed by atoms with Gasteiger partial charge in [-0.15, -0.1) is 12.4 Å². The smallest absolute Gasteiger partial charge is 0.225 e. The number of anilines is 1. The monoisotopic (exact) mass is 364 g/mol. The van der Waals surface area contributed by atoms with Gasteiger partial charge in [0.05, 0.1) is 0 Å². The summed E-state index contributed by atoms with van der Waals surface area (Å²) in [6, 6.07) is 13.9. The average Bonchev–Trinajstić information content (AvgIpc) is 3.08. The van der Waals surface area contributed by atoms with Crippen LogP contribution < -0.4 is 15.4 Å². The average molecular weight is 365 g/mol. The van der Waals surface area contributed by atoms with Crippen LogP contribution >= 0.6 is 12.4 Å². The molecule has 1 unspecified atom stereocenters. The van der Waals surface area contributed by atoms with Crippen molar-refractivity contribution in [3.05, 3.63) is 59.9 Å². The lowest BCUT2D eigenvalue weighted by atomic mass is 10.1. The van der Waals surface area contributed by atoms with E-state index in [1.165, 1.54) is 6.07 Å². The topological polar surface area (TPSA) is 50.4 Å². The number of rotatable bonds is 6. The molecular formula is C19H22ClFN2O2. The molecule has 3 rings (SSSR count). The number of carbonyl (C=O) groups excluding carboxylic acids is 1. The van der Waals surface area contributed by atoms with Crippen LogP contribution in [0.1, 0.15) is 24.8 Å². The van der Waals surface area contributed by atoms with Crippen LogP contribution in [-0.4, -0.2) is 18.5 Å². The van der Waals surface area contributed by atoms with Crippen molar-refractivity contribution in [2.24, 2.45) is 0 Å². The Bertz CT molecular complexity index is 688. The van der Waals surface area contributed by atoms with Crippen molar-refractivity contribution in [3.63, 3.8) is 0 Å². The number of ether oxygens (including phenoxy) is 1. The quantitative estimate of drug-likeness (QED) is 0.817. The molecule has 6 heteroatoms.